The van der Waals surface area contributed by atoms with E-state index in [2.05, 4.69) is 43.6 Å². The molecule has 2 fully saturated rings. The van der Waals surface area contributed by atoms with Crippen LogP contribution < -0.4 is 25.3 Å². The Bertz CT molecular complexity index is 1570. The zero-order valence-corrected chi connectivity index (χ0v) is 26.6. The van der Waals surface area contributed by atoms with E-state index >= 15 is 0 Å². The highest BCUT2D eigenvalue weighted by Crippen LogP contribution is 2.40. The third-order valence-electron chi connectivity index (χ3n) is 7.76. The minimum atomic E-state index is -0.366. The Hall–Kier alpha value is -4.94. The first-order chi connectivity index (χ1) is 22.3. The van der Waals surface area contributed by atoms with Gasteiger partial charge in [0, 0.05) is 51.3 Å². The molecule has 1 amide bonds. The van der Waals surface area contributed by atoms with Gasteiger partial charge in [-0.15, -0.1) is 6.58 Å². The van der Waals surface area contributed by atoms with Crippen LogP contribution in [-0.2, 0) is 14.4 Å². The number of methoxy groups -OCH3 is 1. The Balaban J connectivity index is 1.40. The number of nitrogens with one attached hydrogen (secondary N) is 2. The van der Waals surface area contributed by atoms with Crippen molar-refractivity contribution < 1.29 is 23.9 Å². The van der Waals surface area contributed by atoms with E-state index in [9.17, 15) is 9.59 Å². The Labute approximate surface area is 269 Å². The van der Waals surface area contributed by atoms with Gasteiger partial charge in [0.15, 0.2) is 5.82 Å². The number of anilines is 5. The zero-order valence-electron chi connectivity index (χ0n) is 26.6. The van der Waals surface area contributed by atoms with Gasteiger partial charge in [0.25, 0.3) is 0 Å². The van der Waals surface area contributed by atoms with Gasteiger partial charge in [-0.1, -0.05) is 24.8 Å². The molecule has 0 aliphatic carbocycles. The predicted molar refractivity (Wildman–Crippen MR) is 179 cm³/mol. The van der Waals surface area contributed by atoms with Crippen LogP contribution in [0.5, 0.6) is 5.75 Å². The van der Waals surface area contributed by atoms with E-state index in [4.69, 9.17) is 14.3 Å². The highest BCUT2D eigenvalue weighted by molar-refractivity contribution is 6.02. The first-order valence-corrected chi connectivity index (χ1v) is 15.4. The van der Waals surface area contributed by atoms with Crippen molar-refractivity contribution in [2.75, 3.05) is 67.0 Å². The molecular formula is C34H41N7O5. The third kappa shape index (κ3) is 7.64. The lowest BCUT2D eigenvalue weighted by molar-refractivity contribution is -0.111. The molecule has 1 aromatic heterocycles. The molecule has 5 rings (SSSR count). The van der Waals surface area contributed by atoms with Crippen LogP contribution in [-0.4, -0.2) is 79.3 Å². The van der Waals surface area contributed by atoms with Crippen molar-refractivity contribution >= 4 is 40.6 Å². The molecule has 0 spiro atoms. The number of carbonyl (C=O) groups is 2. The number of benzene rings is 2. The monoisotopic (exact) mass is 627 g/mol. The number of nitrogens with zero attached hydrogens (tertiary/aromatic N) is 5. The maximum absolute atomic E-state index is 12.6. The molecule has 2 aliphatic rings. The second kappa shape index (κ2) is 14.9. The quantitative estimate of drug-likeness (QED) is 0.158. The van der Waals surface area contributed by atoms with Gasteiger partial charge in [-0.3, -0.25) is 14.5 Å². The molecule has 3 aromatic rings. The molecule has 0 unspecified atom stereocenters. The fourth-order valence-electron chi connectivity index (χ4n) is 5.56. The van der Waals surface area contributed by atoms with Crippen molar-refractivity contribution in [3.05, 3.63) is 85.2 Å². The second-order valence-corrected chi connectivity index (χ2v) is 11.3. The molecular weight excluding hydrogens is 586 g/mol. The molecule has 0 radical (unpaired) electrons. The van der Waals surface area contributed by atoms with E-state index in [-0.39, 0.29) is 24.0 Å². The normalized spacial score (nSPS) is 16.7. The molecule has 1 atom stereocenters. The van der Waals surface area contributed by atoms with Crippen LogP contribution in [0.1, 0.15) is 42.2 Å². The summed E-state index contributed by atoms with van der Waals surface area (Å²) >= 11 is 0. The van der Waals surface area contributed by atoms with E-state index in [1.807, 2.05) is 50.3 Å². The molecule has 0 bridgehead atoms. The van der Waals surface area contributed by atoms with Crippen LogP contribution >= 0.6 is 0 Å². The van der Waals surface area contributed by atoms with Gasteiger partial charge in [-0.2, -0.15) is 0 Å². The van der Waals surface area contributed by atoms with Gasteiger partial charge in [0.1, 0.15) is 17.9 Å². The van der Waals surface area contributed by atoms with Gasteiger partial charge < -0.3 is 25.0 Å². The molecule has 2 aliphatic heterocycles. The standard InChI is InChI=1S/C34H41N7O5/c1-6-12-39-13-15-40(16-14-39)29-20-30(44-5)27(19-26(29)38-33(42)7-2)37-31-21-32(36-22-35-31)41-28(11-17-45-41)24-9-8-10-25(18-24)34(43)46-23(3)4/h6-10,18-23,28H,1-2,11-17H2,3-5H3,(H,38,42)(H,35,36,37)/t28-/m1/s1. The zero-order chi connectivity index (χ0) is 32.6. The van der Waals surface area contributed by atoms with Gasteiger partial charge in [-0.05, 0) is 43.7 Å². The fraction of sp³-hybridized carbons (Fsp3) is 0.353. The summed E-state index contributed by atoms with van der Waals surface area (Å²) in [5, 5.41) is 8.03. The Morgan fingerprint density at radius 2 is 1.89 bits per heavy atom. The van der Waals surface area contributed by atoms with Crippen molar-refractivity contribution in [2.24, 2.45) is 0 Å². The number of aromatic nitrogens is 2. The van der Waals surface area contributed by atoms with Crippen LogP contribution in [0.15, 0.2) is 74.1 Å². The first kappa shape index (κ1) is 32.5. The minimum Gasteiger partial charge on any atom is -0.494 e. The molecule has 0 saturated carbocycles. The summed E-state index contributed by atoms with van der Waals surface area (Å²) in [7, 11) is 1.60. The van der Waals surface area contributed by atoms with E-state index < -0.39 is 0 Å². The van der Waals surface area contributed by atoms with Crippen molar-refractivity contribution in [3.63, 3.8) is 0 Å². The number of esters is 1. The molecule has 2 aromatic carbocycles. The lowest BCUT2D eigenvalue weighted by Gasteiger charge is -2.36. The third-order valence-corrected chi connectivity index (χ3v) is 7.76. The van der Waals surface area contributed by atoms with Crippen LogP contribution in [0.25, 0.3) is 0 Å². The summed E-state index contributed by atoms with van der Waals surface area (Å²) < 4.78 is 11.2. The predicted octanol–water partition coefficient (Wildman–Crippen LogP) is 5.11. The number of piperazine rings is 1. The molecule has 3 heterocycles. The molecule has 242 valence electrons. The van der Waals surface area contributed by atoms with Crippen molar-refractivity contribution in [1.82, 2.24) is 14.9 Å². The number of hydrogen-bond donors (Lipinski definition) is 2. The van der Waals surface area contributed by atoms with Crippen LogP contribution in [0, 0.1) is 0 Å². The average molecular weight is 628 g/mol. The summed E-state index contributed by atoms with van der Waals surface area (Å²) in [6, 6.07) is 12.8. The smallest absolute Gasteiger partial charge is 0.338 e. The second-order valence-electron chi connectivity index (χ2n) is 11.3. The number of hydroxylamine groups is 1. The average Bonchev–Trinajstić information content (AvgIpc) is 3.56. The van der Waals surface area contributed by atoms with Gasteiger partial charge in [-0.25, -0.2) is 19.8 Å². The number of hydrogen-bond acceptors (Lipinski definition) is 11. The Morgan fingerprint density at radius 1 is 1.09 bits per heavy atom. The maximum atomic E-state index is 12.6. The van der Waals surface area contributed by atoms with Crippen LogP contribution in [0.4, 0.5) is 28.7 Å². The molecule has 2 N–H and O–H groups in total. The number of carbonyl (C=O) groups excluding carboxylic acids is 2. The van der Waals surface area contributed by atoms with Gasteiger partial charge >= 0.3 is 5.97 Å². The number of ether oxygens (including phenoxy) is 2. The summed E-state index contributed by atoms with van der Waals surface area (Å²) in [5.74, 6) is 0.947. The summed E-state index contributed by atoms with van der Waals surface area (Å²) in [6.07, 6.45) is 5.11. The highest BCUT2D eigenvalue weighted by atomic mass is 16.7. The fourth-order valence-corrected chi connectivity index (χ4v) is 5.56. The topological polar surface area (TPSA) is 121 Å². The Kier molecular flexibility index (Phi) is 10.5. The highest BCUT2D eigenvalue weighted by Gasteiger charge is 2.30. The molecule has 12 nitrogen and oxygen atoms in total. The van der Waals surface area contributed by atoms with E-state index in [1.165, 1.54) is 12.4 Å². The minimum absolute atomic E-state index is 0.170. The van der Waals surface area contributed by atoms with Crippen LogP contribution in [0.2, 0.25) is 0 Å². The van der Waals surface area contributed by atoms with Crippen LogP contribution in [0.3, 0.4) is 0 Å². The van der Waals surface area contributed by atoms with Gasteiger partial charge in [0.05, 0.1) is 48.5 Å². The molecule has 46 heavy (non-hydrogen) atoms. The summed E-state index contributed by atoms with van der Waals surface area (Å²) in [5.41, 5.74) is 3.48. The van der Waals surface area contributed by atoms with Crippen molar-refractivity contribution in [2.45, 2.75) is 32.4 Å². The van der Waals surface area contributed by atoms with Crippen molar-refractivity contribution in [1.29, 1.82) is 0 Å². The lowest BCUT2D eigenvalue weighted by atomic mass is 10.0. The molecule has 2 saturated heterocycles. The van der Waals surface area contributed by atoms with Gasteiger partial charge in [0.2, 0.25) is 5.91 Å². The van der Waals surface area contributed by atoms with Crippen molar-refractivity contribution in [3.8, 4) is 5.75 Å². The lowest BCUT2D eigenvalue weighted by Crippen LogP contribution is -2.46. The first-order valence-electron chi connectivity index (χ1n) is 15.4. The maximum Gasteiger partial charge on any atom is 0.338 e. The Morgan fingerprint density at radius 3 is 2.61 bits per heavy atom. The van der Waals surface area contributed by atoms with E-state index in [0.717, 1.165) is 44.0 Å². The van der Waals surface area contributed by atoms with E-state index in [1.54, 1.807) is 24.3 Å². The summed E-state index contributed by atoms with van der Waals surface area (Å²) in [6.45, 7) is 15.8. The number of amides is 1. The number of rotatable bonds is 12. The largest absolute Gasteiger partial charge is 0.494 e. The van der Waals surface area contributed by atoms with E-state index in [0.29, 0.717) is 47.4 Å². The SMILES string of the molecule is C=CCN1CCN(c2cc(OC)c(Nc3cc(N4OCC[C@@H]4c4cccc(C(=O)OC(C)C)c4)ncn3)cc2NC(=O)C=C)CC1. The molecule has 12 heteroatoms. The summed E-state index contributed by atoms with van der Waals surface area (Å²) in [4.78, 5) is 44.5.